The lowest BCUT2D eigenvalue weighted by molar-refractivity contribution is 0.189. The average Bonchev–Trinajstić information content (AvgIpc) is 2.16. The number of benzene rings is 1. The van der Waals surface area contributed by atoms with Gasteiger partial charge in [-0.15, -0.1) is 0 Å². The molecule has 1 aromatic carbocycles. The molecule has 0 bridgehead atoms. The molecule has 1 N–H and O–H groups in total. The summed E-state index contributed by atoms with van der Waals surface area (Å²) >= 11 is 5.82. The maximum absolute atomic E-state index is 12.7. The second-order valence-corrected chi connectivity index (χ2v) is 10.1. The summed E-state index contributed by atoms with van der Waals surface area (Å²) in [6.45, 7) is 0. The number of halogens is 3. The second-order valence-electron chi connectivity index (χ2n) is 3.29. The van der Waals surface area contributed by atoms with Gasteiger partial charge in [-0.25, -0.2) is 12.8 Å². The van der Waals surface area contributed by atoms with Gasteiger partial charge < -0.3 is 5.11 Å². The van der Waals surface area contributed by atoms with E-state index in [9.17, 15) is 17.9 Å². The first-order valence-electron chi connectivity index (χ1n) is 4.17. The average molecular weight is 376 g/mol. The fraction of sp³-hybridized carbons (Fsp3) is 0.333. The number of sulfone groups is 1. The molecule has 0 spiro atoms. The molecule has 1 rings (SSSR count). The predicted molar refractivity (Wildman–Crippen MR) is 66.8 cm³/mol. The highest BCUT2D eigenvalue weighted by Crippen LogP contribution is 2.43. The summed E-state index contributed by atoms with van der Waals surface area (Å²) in [6, 6.07) is 4.94. The molecule has 0 radical (unpaired) electrons. The standard InChI is InChI=1S/C9H9Br2FO3S/c1-16(14,15)9(10,11)8(13)6-2-4-7(12)5-3-6/h2-5,8,13H,1H3/t8-/m1/s1. The summed E-state index contributed by atoms with van der Waals surface area (Å²) in [5.41, 5.74) is 0.292. The van der Waals surface area contributed by atoms with Crippen LogP contribution in [0.2, 0.25) is 0 Å². The van der Waals surface area contributed by atoms with Gasteiger partial charge in [-0.1, -0.05) is 44.0 Å². The highest BCUT2D eigenvalue weighted by Gasteiger charge is 2.43. The van der Waals surface area contributed by atoms with E-state index in [1.807, 2.05) is 0 Å². The van der Waals surface area contributed by atoms with Gasteiger partial charge in [0.1, 0.15) is 11.9 Å². The maximum Gasteiger partial charge on any atom is 0.210 e. The van der Waals surface area contributed by atoms with Crippen LogP contribution in [0.15, 0.2) is 24.3 Å². The van der Waals surface area contributed by atoms with Gasteiger partial charge >= 0.3 is 0 Å². The van der Waals surface area contributed by atoms with Crippen LogP contribution in [0.1, 0.15) is 11.7 Å². The van der Waals surface area contributed by atoms with Gasteiger partial charge in [0.15, 0.2) is 9.84 Å². The van der Waals surface area contributed by atoms with E-state index < -0.39 is 24.3 Å². The van der Waals surface area contributed by atoms with Crippen molar-refractivity contribution in [2.45, 2.75) is 8.67 Å². The first-order valence-corrected chi connectivity index (χ1v) is 7.65. The Morgan fingerprint density at radius 2 is 1.75 bits per heavy atom. The molecule has 0 aliphatic heterocycles. The number of hydrogen-bond donors (Lipinski definition) is 1. The lowest BCUT2D eigenvalue weighted by Gasteiger charge is -2.24. The number of alkyl halides is 2. The van der Waals surface area contributed by atoms with E-state index in [-0.39, 0.29) is 0 Å². The Bertz CT molecular complexity index is 470. The Kier molecular flexibility index (Phi) is 4.15. The summed E-state index contributed by atoms with van der Waals surface area (Å²) in [6.07, 6.45) is -0.369. The third-order valence-electron chi connectivity index (χ3n) is 2.00. The van der Waals surface area contributed by atoms with Crippen molar-refractivity contribution in [1.82, 2.24) is 0 Å². The molecule has 1 atom stereocenters. The van der Waals surface area contributed by atoms with Gasteiger partial charge in [-0.2, -0.15) is 0 Å². The molecule has 90 valence electrons. The zero-order chi connectivity index (χ0) is 12.6. The first kappa shape index (κ1) is 14.1. The second kappa shape index (κ2) is 4.72. The molecule has 0 aliphatic carbocycles. The van der Waals surface area contributed by atoms with Crippen LogP contribution in [0, 0.1) is 5.82 Å². The minimum absolute atomic E-state index is 0.292. The van der Waals surface area contributed by atoms with Gasteiger partial charge in [-0.3, -0.25) is 0 Å². The molecule has 7 heteroatoms. The predicted octanol–water partition coefficient (Wildman–Crippen LogP) is 2.35. The van der Waals surface area contributed by atoms with E-state index in [2.05, 4.69) is 31.9 Å². The van der Waals surface area contributed by atoms with Crippen LogP contribution in [-0.2, 0) is 9.84 Å². The first-order chi connectivity index (χ1) is 7.16. The number of aliphatic hydroxyl groups excluding tert-OH is 1. The van der Waals surface area contributed by atoms with Crippen molar-refractivity contribution in [1.29, 1.82) is 0 Å². The van der Waals surface area contributed by atoms with E-state index in [0.29, 0.717) is 5.56 Å². The van der Waals surface area contributed by atoms with Crippen LogP contribution in [-0.4, -0.2) is 22.3 Å². The largest absolute Gasteiger partial charge is 0.385 e. The smallest absolute Gasteiger partial charge is 0.210 e. The van der Waals surface area contributed by atoms with Gasteiger partial charge in [0.2, 0.25) is 2.57 Å². The minimum atomic E-state index is -3.57. The van der Waals surface area contributed by atoms with Crippen LogP contribution in [0.25, 0.3) is 0 Å². The molecule has 0 amide bonds. The molecule has 0 saturated carbocycles. The molecule has 1 aromatic rings. The zero-order valence-corrected chi connectivity index (χ0v) is 12.2. The van der Waals surface area contributed by atoms with Crippen molar-refractivity contribution in [3.8, 4) is 0 Å². The molecular formula is C9H9Br2FO3S. The SMILES string of the molecule is CS(=O)(=O)C(Br)(Br)[C@H](O)c1ccc(F)cc1. The van der Waals surface area contributed by atoms with Gasteiger partial charge in [0.05, 0.1) is 0 Å². The number of aliphatic hydroxyl groups is 1. The topological polar surface area (TPSA) is 54.4 Å². The Balaban J connectivity index is 3.12. The van der Waals surface area contributed by atoms with Crippen LogP contribution in [0.3, 0.4) is 0 Å². The van der Waals surface area contributed by atoms with Crippen LogP contribution in [0.5, 0.6) is 0 Å². The molecule has 0 fully saturated rings. The molecule has 0 unspecified atom stereocenters. The number of hydrogen-bond acceptors (Lipinski definition) is 3. The molecule has 0 aliphatic rings. The lowest BCUT2D eigenvalue weighted by atomic mass is 10.1. The molecule has 3 nitrogen and oxygen atoms in total. The fourth-order valence-corrected chi connectivity index (χ4v) is 2.11. The van der Waals surface area contributed by atoms with Crippen molar-refractivity contribution >= 4 is 41.7 Å². The van der Waals surface area contributed by atoms with Gasteiger partial charge in [0.25, 0.3) is 0 Å². The van der Waals surface area contributed by atoms with Crippen molar-refractivity contribution < 1.29 is 17.9 Å². The van der Waals surface area contributed by atoms with Gasteiger partial charge in [-0.05, 0) is 17.7 Å². The van der Waals surface area contributed by atoms with Crippen molar-refractivity contribution in [2.75, 3.05) is 6.26 Å². The van der Waals surface area contributed by atoms with Gasteiger partial charge in [0, 0.05) is 6.26 Å². The normalized spacial score (nSPS) is 14.8. The van der Waals surface area contributed by atoms with Crippen molar-refractivity contribution in [3.05, 3.63) is 35.6 Å². The summed E-state index contributed by atoms with van der Waals surface area (Å²) in [5, 5.41) is 9.88. The molecular weight excluding hydrogens is 367 g/mol. The monoisotopic (exact) mass is 374 g/mol. The fourth-order valence-electron chi connectivity index (χ4n) is 1.04. The Morgan fingerprint density at radius 1 is 1.31 bits per heavy atom. The summed E-state index contributed by atoms with van der Waals surface area (Å²) < 4.78 is 33.8. The Morgan fingerprint density at radius 3 is 2.12 bits per heavy atom. The number of rotatable bonds is 3. The zero-order valence-electron chi connectivity index (χ0n) is 8.19. The van der Waals surface area contributed by atoms with E-state index in [1.54, 1.807) is 0 Å². The Labute approximate surface area is 110 Å². The highest BCUT2D eigenvalue weighted by atomic mass is 79.9. The molecule has 16 heavy (non-hydrogen) atoms. The Hall–Kier alpha value is 0.0200. The van der Waals surface area contributed by atoms with E-state index >= 15 is 0 Å². The van der Waals surface area contributed by atoms with Crippen molar-refractivity contribution in [3.63, 3.8) is 0 Å². The third-order valence-corrected chi connectivity index (χ3v) is 7.61. The van der Waals surface area contributed by atoms with Crippen LogP contribution >= 0.6 is 31.9 Å². The summed E-state index contributed by atoms with van der Waals surface area (Å²) in [4.78, 5) is 0. The van der Waals surface area contributed by atoms with E-state index in [4.69, 9.17) is 0 Å². The summed E-state index contributed by atoms with van der Waals surface area (Å²) in [7, 11) is -3.57. The quantitative estimate of drug-likeness (QED) is 0.825. The van der Waals surface area contributed by atoms with E-state index in [1.165, 1.54) is 12.1 Å². The van der Waals surface area contributed by atoms with Crippen LogP contribution < -0.4 is 0 Å². The third kappa shape index (κ3) is 2.82. The van der Waals surface area contributed by atoms with Crippen LogP contribution in [0.4, 0.5) is 4.39 Å². The maximum atomic E-state index is 12.7. The lowest BCUT2D eigenvalue weighted by Crippen LogP contribution is -2.31. The van der Waals surface area contributed by atoms with Crippen molar-refractivity contribution in [2.24, 2.45) is 0 Å². The minimum Gasteiger partial charge on any atom is -0.385 e. The van der Waals surface area contributed by atoms with E-state index in [0.717, 1.165) is 18.4 Å². The summed E-state index contributed by atoms with van der Waals surface area (Å²) in [5.74, 6) is -0.454. The molecule has 0 aromatic heterocycles. The highest BCUT2D eigenvalue weighted by molar-refractivity contribution is 9.27. The molecule has 0 heterocycles. The molecule has 0 saturated heterocycles.